The van der Waals surface area contributed by atoms with Gasteiger partial charge in [0.05, 0.1) is 0 Å². The van der Waals surface area contributed by atoms with E-state index in [0.717, 1.165) is 12.8 Å². The maximum atomic E-state index is 5.97. The molecular formula is C14H24O. The van der Waals surface area contributed by atoms with E-state index < -0.39 is 0 Å². The van der Waals surface area contributed by atoms with E-state index in [0.29, 0.717) is 0 Å². The van der Waals surface area contributed by atoms with Gasteiger partial charge < -0.3 is 4.74 Å². The Kier molecular flexibility index (Phi) is 4.01. The molecule has 2 aliphatic rings. The fourth-order valence-corrected chi connectivity index (χ4v) is 2.29. The molecule has 0 aromatic carbocycles. The highest BCUT2D eigenvalue weighted by atomic mass is 16.5. The summed E-state index contributed by atoms with van der Waals surface area (Å²) in [5, 5.41) is 0. The molecule has 2 rings (SSSR count). The molecule has 0 radical (unpaired) electrons. The maximum Gasteiger partial charge on any atom is 0.122 e. The topological polar surface area (TPSA) is 9.23 Å². The molecule has 0 N–H and O–H groups in total. The lowest BCUT2D eigenvalue weighted by atomic mass is 9.92. The third-order valence-corrected chi connectivity index (χ3v) is 2.85. The monoisotopic (exact) mass is 208 g/mol. The first-order chi connectivity index (χ1) is 7.12. The smallest absolute Gasteiger partial charge is 0.122 e. The molecular weight excluding hydrogens is 184 g/mol. The van der Waals surface area contributed by atoms with Crippen molar-refractivity contribution in [3.8, 4) is 0 Å². The Morgan fingerprint density at radius 3 is 2.60 bits per heavy atom. The molecule has 0 spiro atoms. The van der Waals surface area contributed by atoms with Crippen molar-refractivity contribution >= 4 is 0 Å². The highest BCUT2D eigenvalue weighted by molar-refractivity contribution is 5.37. The molecule has 0 aromatic heterocycles. The summed E-state index contributed by atoms with van der Waals surface area (Å²) in [7, 11) is 0. The van der Waals surface area contributed by atoms with Crippen LogP contribution in [0.15, 0.2) is 23.0 Å². The molecule has 0 unspecified atom stereocenters. The van der Waals surface area contributed by atoms with E-state index in [2.05, 4.69) is 26.8 Å². The summed E-state index contributed by atoms with van der Waals surface area (Å²) >= 11 is 0. The minimum absolute atomic E-state index is 0.0449. The Labute approximate surface area is 94.2 Å². The molecule has 0 aromatic rings. The van der Waals surface area contributed by atoms with Crippen molar-refractivity contribution in [1.82, 2.24) is 0 Å². The van der Waals surface area contributed by atoms with Gasteiger partial charge in [0, 0.05) is 6.42 Å². The SMILES string of the molecule is CC.CCC1=CCCC2=C1OC(C)(C)C2. The zero-order valence-electron chi connectivity index (χ0n) is 10.8. The van der Waals surface area contributed by atoms with Crippen molar-refractivity contribution in [2.24, 2.45) is 0 Å². The molecule has 86 valence electrons. The first-order valence-corrected chi connectivity index (χ1v) is 6.23. The zero-order chi connectivity index (χ0) is 11.5. The highest BCUT2D eigenvalue weighted by Gasteiger charge is 2.34. The zero-order valence-corrected chi connectivity index (χ0v) is 10.8. The molecule has 0 bridgehead atoms. The quantitative estimate of drug-likeness (QED) is 0.612. The van der Waals surface area contributed by atoms with Gasteiger partial charge in [-0.15, -0.1) is 0 Å². The first kappa shape index (κ1) is 12.4. The Morgan fingerprint density at radius 2 is 2.00 bits per heavy atom. The van der Waals surface area contributed by atoms with E-state index in [1.165, 1.54) is 24.2 Å². The van der Waals surface area contributed by atoms with Crippen LogP contribution >= 0.6 is 0 Å². The van der Waals surface area contributed by atoms with Crippen LogP contribution in [-0.2, 0) is 4.74 Å². The van der Waals surface area contributed by atoms with Gasteiger partial charge in [0.15, 0.2) is 0 Å². The Balaban J connectivity index is 0.000000531. The number of hydrogen-bond donors (Lipinski definition) is 0. The molecule has 0 saturated carbocycles. The second-order valence-corrected chi connectivity index (χ2v) is 4.59. The fourth-order valence-electron chi connectivity index (χ4n) is 2.29. The van der Waals surface area contributed by atoms with Gasteiger partial charge in [-0.05, 0) is 44.3 Å². The highest BCUT2D eigenvalue weighted by Crippen LogP contribution is 2.42. The number of allylic oxidation sites excluding steroid dienone is 2. The average molecular weight is 208 g/mol. The van der Waals surface area contributed by atoms with Gasteiger partial charge in [0.1, 0.15) is 11.4 Å². The Morgan fingerprint density at radius 1 is 1.33 bits per heavy atom. The molecule has 1 heteroatoms. The summed E-state index contributed by atoms with van der Waals surface area (Å²) in [6.45, 7) is 10.6. The van der Waals surface area contributed by atoms with Crippen LogP contribution in [0.2, 0.25) is 0 Å². The molecule has 1 heterocycles. The minimum atomic E-state index is 0.0449. The lowest BCUT2D eigenvalue weighted by Gasteiger charge is -2.20. The van der Waals surface area contributed by atoms with E-state index in [1.54, 1.807) is 5.57 Å². The van der Waals surface area contributed by atoms with Crippen LogP contribution in [0.1, 0.15) is 60.3 Å². The van der Waals surface area contributed by atoms with Crippen LogP contribution in [0.25, 0.3) is 0 Å². The predicted octanol–water partition coefficient (Wildman–Crippen LogP) is 4.60. The molecule has 1 aliphatic heterocycles. The van der Waals surface area contributed by atoms with Crippen LogP contribution in [0.4, 0.5) is 0 Å². The molecule has 0 fully saturated rings. The Bertz CT molecular complexity index is 282. The molecule has 0 saturated heterocycles. The third kappa shape index (κ3) is 2.64. The standard InChI is InChI=1S/C12H18O.C2H6/c1-4-9-6-5-7-10-8-12(2,3)13-11(9)10;1-2/h6H,4-5,7-8H2,1-3H3;1-2H3. The first-order valence-electron chi connectivity index (χ1n) is 6.23. The van der Waals surface area contributed by atoms with E-state index in [4.69, 9.17) is 4.74 Å². The average Bonchev–Trinajstić information content (AvgIpc) is 2.54. The van der Waals surface area contributed by atoms with Crippen molar-refractivity contribution < 1.29 is 4.74 Å². The van der Waals surface area contributed by atoms with Crippen molar-refractivity contribution in [3.05, 3.63) is 23.0 Å². The van der Waals surface area contributed by atoms with Crippen LogP contribution in [0, 0.1) is 0 Å². The van der Waals surface area contributed by atoms with Gasteiger partial charge in [-0.3, -0.25) is 0 Å². The Hall–Kier alpha value is -0.720. The molecule has 0 atom stereocenters. The van der Waals surface area contributed by atoms with Gasteiger partial charge >= 0.3 is 0 Å². The summed E-state index contributed by atoms with van der Waals surface area (Å²) in [4.78, 5) is 0. The largest absolute Gasteiger partial charge is 0.487 e. The van der Waals surface area contributed by atoms with E-state index in [1.807, 2.05) is 13.8 Å². The van der Waals surface area contributed by atoms with Crippen molar-refractivity contribution in [3.63, 3.8) is 0 Å². The van der Waals surface area contributed by atoms with Gasteiger partial charge in [0.25, 0.3) is 0 Å². The van der Waals surface area contributed by atoms with Gasteiger partial charge in [-0.25, -0.2) is 0 Å². The fraction of sp³-hybridized carbons (Fsp3) is 0.714. The van der Waals surface area contributed by atoms with E-state index >= 15 is 0 Å². The summed E-state index contributed by atoms with van der Waals surface area (Å²) in [5.41, 5.74) is 3.01. The van der Waals surface area contributed by atoms with Crippen molar-refractivity contribution in [1.29, 1.82) is 0 Å². The van der Waals surface area contributed by atoms with Crippen LogP contribution < -0.4 is 0 Å². The second-order valence-electron chi connectivity index (χ2n) is 4.59. The van der Waals surface area contributed by atoms with E-state index in [9.17, 15) is 0 Å². The number of rotatable bonds is 1. The number of ether oxygens (including phenoxy) is 1. The predicted molar refractivity (Wildman–Crippen MR) is 65.8 cm³/mol. The van der Waals surface area contributed by atoms with Crippen LogP contribution in [-0.4, -0.2) is 5.60 Å². The van der Waals surface area contributed by atoms with Crippen LogP contribution in [0.3, 0.4) is 0 Å². The van der Waals surface area contributed by atoms with Gasteiger partial charge in [0.2, 0.25) is 0 Å². The van der Waals surface area contributed by atoms with Gasteiger partial charge in [-0.1, -0.05) is 26.8 Å². The summed E-state index contributed by atoms with van der Waals surface area (Å²) in [5.74, 6) is 1.22. The molecule has 0 amide bonds. The molecule has 15 heavy (non-hydrogen) atoms. The third-order valence-electron chi connectivity index (χ3n) is 2.85. The van der Waals surface area contributed by atoms with Gasteiger partial charge in [-0.2, -0.15) is 0 Å². The number of hydrogen-bond acceptors (Lipinski definition) is 1. The summed E-state index contributed by atoms with van der Waals surface area (Å²) in [6.07, 6.45) is 6.98. The molecule has 1 aliphatic carbocycles. The minimum Gasteiger partial charge on any atom is -0.487 e. The maximum absolute atomic E-state index is 5.97. The lowest BCUT2D eigenvalue weighted by Crippen LogP contribution is -2.18. The van der Waals surface area contributed by atoms with E-state index in [-0.39, 0.29) is 5.60 Å². The summed E-state index contributed by atoms with van der Waals surface area (Å²) < 4.78 is 5.97. The van der Waals surface area contributed by atoms with Crippen molar-refractivity contribution in [2.45, 2.75) is 65.9 Å². The van der Waals surface area contributed by atoms with Crippen molar-refractivity contribution in [2.75, 3.05) is 0 Å². The second kappa shape index (κ2) is 4.87. The summed E-state index contributed by atoms with van der Waals surface area (Å²) in [6, 6.07) is 0. The normalized spacial score (nSPS) is 22.3. The molecule has 1 nitrogen and oxygen atoms in total. The van der Waals surface area contributed by atoms with Crippen LogP contribution in [0.5, 0.6) is 0 Å². The lowest BCUT2D eigenvalue weighted by molar-refractivity contribution is 0.0654.